The summed E-state index contributed by atoms with van der Waals surface area (Å²) in [7, 11) is 1.61. The van der Waals surface area contributed by atoms with Gasteiger partial charge in [-0.1, -0.05) is 78.0 Å². The minimum atomic E-state index is -0.234. The normalized spacial score (nSPS) is 17.2. The van der Waals surface area contributed by atoms with Gasteiger partial charge >= 0.3 is 0 Å². The van der Waals surface area contributed by atoms with Crippen molar-refractivity contribution in [3.8, 4) is 5.75 Å². The molecule has 1 aromatic heterocycles. The summed E-state index contributed by atoms with van der Waals surface area (Å²) in [6.45, 7) is 0. The fourth-order valence-corrected chi connectivity index (χ4v) is 4.53. The summed E-state index contributed by atoms with van der Waals surface area (Å²) in [5, 5.41) is 12.1. The summed E-state index contributed by atoms with van der Waals surface area (Å²) in [4.78, 5) is 14.1. The maximum Gasteiger partial charge on any atom is 0.278 e. The Kier molecular flexibility index (Phi) is 5.48. The Morgan fingerprint density at radius 1 is 0.917 bits per heavy atom. The van der Waals surface area contributed by atoms with Crippen molar-refractivity contribution in [1.82, 2.24) is 20.9 Å². The summed E-state index contributed by atoms with van der Waals surface area (Å²) in [6, 6.07) is 28.9. The molecular weight excluding hydrogens is 454 g/mol. The van der Waals surface area contributed by atoms with Gasteiger partial charge in [-0.15, -0.1) is 0 Å². The largest absolute Gasteiger partial charge is 0.497 e. The second-order valence-corrected chi connectivity index (χ2v) is 8.35. The highest BCUT2D eigenvalue weighted by molar-refractivity contribution is 6.22. The third kappa shape index (κ3) is 3.79. The van der Waals surface area contributed by atoms with Crippen LogP contribution in [-0.4, -0.2) is 23.2 Å². The molecule has 1 unspecified atom stereocenters. The zero-order valence-corrected chi connectivity index (χ0v) is 19.4. The third-order valence-corrected chi connectivity index (χ3v) is 6.22. The first kappa shape index (κ1) is 21.7. The number of hydrogen-bond acceptors (Lipinski definition) is 7. The molecular formula is C28H23N5O3. The number of nitrogens with one attached hydrogen (secondary N) is 3. The average molecular weight is 478 g/mol. The van der Waals surface area contributed by atoms with Crippen LogP contribution in [0.3, 0.4) is 0 Å². The average Bonchev–Trinajstić information content (AvgIpc) is 3.58. The lowest BCUT2D eigenvalue weighted by Gasteiger charge is -2.31. The molecule has 0 saturated carbocycles. The van der Waals surface area contributed by atoms with Gasteiger partial charge in [-0.3, -0.25) is 4.79 Å². The lowest BCUT2D eigenvalue weighted by atomic mass is 9.94. The number of aromatic nitrogens is 1. The van der Waals surface area contributed by atoms with Gasteiger partial charge in [0.2, 0.25) is 5.88 Å². The number of benzene rings is 3. The van der Waals surface area contributed by atoms with E-state index in [9.17, 15) is 4.79 Å². The van der Waals surface area contributed by atoms with Crippen LogP contribution in [0, 0.1) is 0 Å². The van der Waals surface area contributed by atoms with Gasteiger partial charge in [0, 0.05) is 11.6 Å². The van der Waals surface area contributed by atoms with E-state index in [-0.39, 0.29) is 11.9 Å². The van der Waals surface area contributed by atoms with E-state index < -0.39 is 0 Å². The number of methoxy groups -OCH3 is 1. The van der Waals surface area contributed by atoms with Crippen molar-refractivity contribution in [2.24, 2.45) is 0 Å². The maximum atomic E-state index is 14.1. The monoisotopic (exact) mass is 477 g/mol. The molecule has 0 radical (unpaired) electrons. The summed E-state index contributed by atoms with van der Waals surface area (Å²) in [6.07, 6.45) is 1.55. The number of carbonyl (C=O) groups excluding carboxylic acids is 1. The van der Waals surface area contributed by atoms with Crippen molar-refractivity contribution >= 4 is 22.9 Å². The van der Waals surface area contributed by atoms with E-state index in [1.165, 1.54) is 0 Å². The van der Waals surface area contributed by atoms with Crippen LogP contribution < -0.4 is 20.8 Å². The van der Waals surface area contributed by atoms with Gasteiger partial charge in [0.15, 0.2) is 0 Å². The zero-order chi connectivity index (χ0) is 24.5. The van der Waals surface area contributed by atoms with E-state index in [2.05, 4.69) is 33.3 Å². The Morgan fingerprint density at radius 2 is 1.64 bits per heavy atom. The number of anilines is 1. The van der Waals surface area contributed by atoms with E-state index in [0.29, 0.717) is 28.8 Å². The molecule has 2 aliphatic rings. The molecule has 3 aromatic carbocycles. The van der Waals surface area contributed by atoms with Crippen molar-refractivity contribution < 1.29 is 14.1 Å². The predicted molar refractivity (Wildman–Crippen MR) is 136 cm³/mol. The second kappa shape index (κ2) is 9.09. The fourth-order valence-electron chi connectivity index (χ4n) is 4.53. The number of amides is 1. The highest BCUT2D eigenvalue weighted by Gasteiger charge is 2.42. The Morgan fingerprint density at radius 3 is 2.31 bits per heavy atom. The molecule has 8 nitrogen and oxygen atoms in total. The van der Waals surface area contributed by atoms with E-state index in [1.54, 1.807) is 24.4 Å². The standard InChI is InChI=1S/C28H23N5O3/c1-35-21-14-12-19(13-15-21)24-26(30-22-16-17-29-36-22)31-27-23(18-8-4-2-5-9-18)25(32-33(27)28(24)34)20-10-6-3-7-11-20/h2-17,25,30-32H,1H3. The van der Waals surface area contributed by atoms with Gasteiger partial charge in [0.05, 0.1) is 24.9 Å². The Hall–Kier alpha value is -4.82. The SMILES string of the molecule is COc1ccc(C2=C(Nc3ccno3)NC3=C(c4ccccc4)C(c4ccccc4)NN3C2=O)cc1. The van der Waals surface area contributed by atoms with Crippen LogP contribution in [0.1, 0.15) is 22.7 Å². The van der Waals surface area contributed by atoms with Crippen LogP contribution >= 0.6 is 0 Å². The van der Waals surface area contributed by atoms with E-state index in [0.717, 1.165) is 22.3 Å². The molecule has 0 spiro atoms. The van der Waals surface area contributed by atoms with Gasteiger partial charge in [0.1, 0.15) is 17.4 Å². The van der Waals surface area contributed by atoms with Gasteiger partial charge < -0.3 is 19.9 Å². The second-order valence-electron chi connectivity index (χ2n) is 8.35. The topological polar surface area (TPSA) is 91.7 Å². The lowest BCUT2D eigenvalue weighted by Crippen LogP contribution is -2.47. The van der Waals surface area contributed by atoms with Crippen LogP contribution in [0.4, 0.5) is 5.88 Å². The third-order valence-electron chi connectivity index (χ3n) is 6.22. The first-order valence-corrected chi connectivity index (χ1v) is 11.5. The number of carbonyl (C=O) groups is 1. The summed E-state index contributed by atoms with van der Waals surface area (Å²) >= 11 is 0. The van der Waals surface area contributed by atoms with Gasteiger partial charge in [0.25, 0.3) is 5.91 Å². The molecule has 3 heterocycles. The number of rotatable bonds is 6. The lowest BCUT2D eigenvalue weighted by molar-refractivity contribution is -0.126. The highest BCUT2D eigenvalue weighted by Crippen LogP contribution is 2.41. The van der Waals surface area contributed by atoms with E-state index >= 15 is 0 Å². The quantitative estimate of drug-likeness (QED) is 0.376. The van der Waals surface area contributed by atoms with Crippen LogP contribution in [0.15, 0.2) is 113 Å². The minimum Gasteiger partial charge on any atom is -0.497 e. The molecule has 3 N–H and O–H groups in total. The molecule has 36 heavy (non-hydrogen) atoms. The fraction of sp³-hybridized carbons (Fsp3) is 0.0714. The molecule has 2 aliphatic heterocycles. The molecule has 0 bridgehead atoms. The number of ether oxygens (including phenoxy) is 1. The molecule has 4 aromatic rings. The molecule has 0 saturated heterocycles. The number of fused-ring (bicyclic) bond motifs is 1. The Balaban J connectivity index is 1.51. The first-order chi connectivity index (χ1) is 17.7. The molecule has 1 amide bonds. The first-order valence-electron chi connectivity index (χ1n) is 11.5. The van der Waals surface area contributed by atoms with E-state index in [4.69, 9.17) is 9.26 Å². The Bertz CT molecular complexity index is 1450. The molecule has 178 valence electrons. The van der Waals surface area contributed by atoms with Gasteiger partial charge in [-0.2, -0.15) is 0 Å². The number of hydrazine groups is 1. The number of hydrogen-bond donors (Lipinski definition) is 3. The molecule has 0 fully saturated rings. The van der Waals surface area contributed by atoms with Crippen molar-refractivity contribution in [3.63, 3.8) is 0 Å². The summed E-state index contributed by atoms with van der Waals surface area (Å²) in [5.41, 5.74) is 7.61. The van der Waals surface area contributed by atoms with Crippen LogP contribution in [0.2, 0.25) is 0 Å². The van der Waals surface area contributed by atoms with Crippen LogP contribution in [0.25, 0.3) is 11.1 Å². The smallest absolute Gasteiger partial charge is 0.278 e. The van der Waals surface area contributed by atoms with Crippen LogP contribution in [0.5, 0.6) is 5.75 Å². The van der Waals surface area contributed by atoms with Gasteiger partial charge in [-0.25, -0.2) is 10.4 Å². The van der Waals surface area contributed by atoms with Crippen molar-refractivity contribution in [1.29, 1.82) is 0 Å². The minimum absolute atomic E-state index is 0.206. The predicted octanol–water partition coefficient (Wildman–Crippen LogP) is 4.52. The van der Waals surface area contributed by atoms with Crippen molar-refractivity contribution in [2.45, 2.75) is 6.04 Å². The highest BCUT2D eigenvalue weighted by atomic mass is 16.5. The summed E-state index contributed by atoms with van der Waals surface area (Å²) in [5.74, 6) is 2.06. The Labute approximate surface area is 207 Å². The van der Waals surface area contributed by atoms with Gasteiger partial charge in [-0.05, 0) is 28.8 Å². The van der Waals surface area contributed by atoms with Crippen LogP contribution in [-0.2, 0) is 4.79 Å². The zero-order valence-electron chi connectivity index (χ0n) is 19.4. The molecule has 6 rings (SSSR count). The number of nitrogens with zero attached hydrogens (tertiary/aromatic N) is 2. The van der Waals surface area contributed by atoms with Crippen molar-refractivity contribution in [2.75, 3.05) is 12.4 Å². The molecule has 0 aliphatic carbocycles. The molecule has 1 atom stereocenters. The van der Waals surface area contributed by atoms with Crippen molar-refractivity contribution in [3.05, 3.63) is 126 Å². The maximum absolute atomic E-state index is 14.1. The summed E-state index contributed by atoms with van der Waals surface area (Å²) < 4.78 is 10.6. The molecule has 8 heteroatoms. The van der Waals surface area contributed by atoms with E-state index in [1.807, 2.05) is 72.8 Å².